The highest BCUT2D eigenvalue weighted by atomic mass is 16.5. The van der Waals surface area contributed by atoms with E-state index in [2.05, 4.69) is 12.0 Å². The van der Waals surface area contributed by atoms with E-state index in [1.807, 2.05) is 35.1 Å². The van der Waals surface area contributed by atoms with Crippen LogP contribution >= 0.6 is 0 Å². The summed E-state index contributed by atoms with van der Waals surface area (Å²) in [6.45, 7) is 3.56. The van der Waals surface area contributed by atoms with Gasteiger partial charge in [0.05, 0.1) is 12.8 Å². The number of benzene rings is 1. The molecule has 0 aliphatic heterocycles. The number of ether oxygens (including phenoxy) is 1. The van der Waals surface area contributed by atoms with Gasteiger partial charge in [-0.1, -0.05) is 13.0 Å². The van der Waals surface area contributed by atoms with Crippen LogP contribution in [0.1, 0.15) is 18.9 Å². The summed E-state index contributed by atoms with van der Waals surface area (Å²) in [5.74, 6) is 0.839. The van der Waals surface area contributed by atoms with E-state index in [0.717, 1.165) is 35.5 Å². The molecule has 96 valence electrons. The fraction of sp³-hybridized carbons (Fsp3) is 0.357. The predicted octanol–water partition coefficient (Wildman–Crippen LogP) is 2.43. The Balaban J connectivity index is 2.50. The van der Waals surface area contributed by atoms with Crippen molar-refractivity contribution in [1.82, 2.24) is 9.78 Å². The summed E-state index contributed by atoms with van der Waals surface area (Å²) in [4.78, 5) is 0. The van der Waals surface area contributed by atoms with Crippen LogP contribution in [0.5, 0.6) is 5.75 Å². The van der Waals surface area contributed by atoms with Gasteiger partial charge in [0.15, 0.2) is 0 Å². The Bertz CT molecular complexity index is 520. The highest BCUT2D eigenvalue weighted by molar-refractivity contribution is 5.66. The number of aryl methyl sites for hydroxylation is 1. The number of rotatable bonds is 5. The SMILES string of the molecule is CCCn1nccc1-c1cc(OC)ccc1CN. The van der Waals surface area contributed by atoms with Crippen LogP contribution in [0.4, 0.5) is 0 Å². The third-order valence-corrected chi connectivity index (χ3v) is 2.96. The van der Waals surface area contributed by atoms with Crippen LogP contribution in [-0.2, 0) is 13.1 Å². The maximum absolute atomic E-state index is 5.80. The zero-order chi connectivity index (χ0) is 13.0. The Morgan fingerprint density at radius 2 is 2.17 bits per heavy atom. The summed E-state index contributed by atoms with van der Waals surface area (Å²) in [6, 6.07) is 7.98. The van der Waals surface area contributed by atoms with E-state index in [4.69, 9.17) is 10.5 Å². The fourth-order valence-corrected chi connectivity index (χ4v) is 2.05. The van der Waals surface area contributed by atoms with Crippen LogP contribution < -0.4 is 10.5 Å². The second-order valence-corrected chi connectivity index (χ2v) is 4.17. The van der Waals surface area contributed by atoms with Crippen molar-refractivity contribution in [1.29, 1.82) is 0 Å². The lowest BCUT2D eigenvalue weighted by molar-refractivity contribution is 0.415. The zero-order valence-electron chi connectivity index (χ0n) is 10.9. The van der Waals surface area contributed by atoms with Gasteiger partial charge >= 0.3 is 0 Å². The third-order valence-electron chi connectivity index (χ3n) is 2.96. The maximum Gasteiger partial charge on any atom is 0.119 e. The molecule has 0 atom stereocenters. The number of aromatic nitrogens is 2. The third kappa shape index (κ3) is 2.38. The smallest absolute Gasteiger partial charge is 0.119 e. The molecule has 4 heteroatoms. The highest BCUT2D eigenvalue weighted by Crippen LogP contribution is 2.27. The van der Waals surface area contributed by atoms with Crippen LogP contribution in [0.3, 0.4) is 0 Å². The van der Waals surface area contributed by atoms with Gasteiger partial charge in [-0.05, 0) is 30.2 Å². The van der Waals surface area contributed by atoms with Crippen molar-refractivity contribution in [2.45, 2.75) is 26.4 Å². The Hall–Kier alpha value is -1.81. The lowest BCUT2D eigenvalue weighted by Gasteiger charge is -2.12. The minimum absolute atomic E-state index is 0.511. The van der Waals surface area contributed by atoms with Crippen molar-refractivity contribution in [2.24, 2.45) is 5.73 Å². The van der Waals surface area contributed by atoms with Crippen molar-refractivity contribution in [3.8, 4) is 17.0 Å². The van der Waals surface area contributed by atoms with Gasteiger partial charge in [-0.15, -0.1) is 0 Å². The van der Waals surface area contributed by atoms with Crippen molar-refractivity contribution < 1.29 is 4.74 Å². The van der Waals surface area contributed by atoms with Gasteiger partial charge in [0, 0.05) is 24.8 Å². The van der Waals surface area contributed by atoms with Gasteiger partial charge in [-0.25, -0.2) is 0 Å². The number of hydrogen-bond acceptors (Lipinski definition) is 3. The van der Waals surface area contributed by atoms with Crippen molar-refractivity contribution >= 4 is 0 Å². The molecule has 0 fully saturated rings. The standard InChI is InChI=1S/C14H19N3O/c1-3-8-17-14(6-7-16-17)13-9-12(18-2)5-4-11(13)10-15/h4-7,9H,3,8,10,15H2,1-2H3. The molecule has 0 amide bonds. The fourth-order valence-electron chi connectivity index (χ4n) is 2.05. The molecule has 1 heterocycles. The van der Waals surface area contributed by atoms with E-state index in [0.29, 0.717) is 6.54 Å². The average molecular weight is 245 g/mol. The largest absolute Gasteiger partial charge is 0.497 e. The Morgan fingerprint density at radius 1 is 1.33 bits per heavy atom. The van der Waals surface area contributed by atoms with E-state index < -0.39 is 0 Å². The van der Waals surface area contributed by atoms with Gasteiger partial charge in [0.25, 0.3) is 0 Å². The molecular formula is C14H19N3O. The molecule has 18 heavy (non-hydrogen) atoms. The second-order valence-electron chi connectivity index (χ2n) is 4.17. The van der Waals surface area contributed by atoms with Crippen LogP contribution in [0.15, 0.2) is 30.5 Å². The normalized spacial score (nSPS) is 10.6. The number of methoxy groups -OCH3 is 1. The van der Waals surface area contributed by atoms with E-state index in [9.17, 15) is 0 Å². The molecule has 2 aromatic rings. The summed E-state index contributed by atoms with van der Waals surface area (Å²) in [6.07, 6.45) is 2.88. The molecule has 1 aromatic heterocycles. The molecule has 4 nitrogen and oxygen atoms in total. The Labute approximate surface area is 107 Å². The van der Waals surface area contributed by atoms with Gasteiger partial charge < -0.3 is 10.5 Å². The lowest BCUT2D eigenvalue weighted by atomic mass is 10.0. The van der Waals surface area contributed by atoms with E-state index in [1.54, 1.807) is 7.11 Å². The molecular weight excluding hydrogens is 226 g/mol. The Kier molecular flexibility index (Phi) is 3.99. The Morgan fingerprint density at radius 3 is 2.83 bits per heavy atom. The van der Waals surface area contributed by atoms with Gasteiger partial charge in [0.1, 0.15) is 5.75 Å². The van der Waals surface area contributed by atoms with Crippen molar-refractivity contribution in [3.63, 3.8) is 0 Å². The van der Waals surface area contributed by atoms with Crippen LogP contribution in [0.2, 0.25) is 0 Å². The predicted molar refractivity (Wildman–Crippen MR) is 72.4 cm³/mol. The van der Waals surface area contributed by atoms with E-state index in [-0.39, 0.29) is 0 Å². The molecule has 0 radical (unpaired) electrons. The summed E-state index contributed by atoms with van der Waals surface area (Å²) >= 11 is 0. The molecule has 0 saturated carbocycles. The van der Waals surface area contributed by atoms with Gasteiger partial charge in [-0.3, -0.25) is 4.68 Å². The first-order chi connectivity index (χ1) is 8.80. The monoisotopic (exact) mass is 245 g/mol. The quantitative estimate of drug-likeness (QED) is 0.880. The minimum Gasteiger partial charge on any atom is -0.497 e. The van der Waals surface area contributed by atoms with E-state index in [1.165, 1.54) is 0 Å². The van der Waals surface area contributed by atoms with Crippen LogP contribution in [0, 0.1) is 0 Å². The molecule has 0 spiro atoms. The van der Waals surface area contributed by atoms with Crippen LogP contribution in [-0.4, -0.2) is 16.9 Å². The average Bonchev–Trinajstić information content (AvgIpc) is 2.86. The molecule has 0 aliphatic rings. The number of nitrogens with zero attached hydrogens (tertiary/aromatic N) is 2. The number of hydrogen-bond donors (Lipinski definition) is 1. The summed E-state index contributed by atoms with van der Waals surface area (Å²) in [5, 5.41) is 4.35. The zero-order valence-corrected chi connectivity index (χ0v) is 10.9. The van der Waals surface area contributed by atoms with Crippen molar-refractivity contribution in [2.75, 3.05) is 7.11 Å². The van der Waals surface area contributed by atoms with Crippen LogP contribution in [0.25, 0.3) is 11.3 Å². The minimum atomic E-state index is 0.511. The summed E-state index contributed by atoms with van der Waals surface area (Å²) in [5.41, 5.74) is 9.10. The molecule has 0 saturated heterocycles. The topological polar surface area (TPSA) is 53.1 Å². The summed E-state index contributed by atoms with van der Waals surface area (Å²) in [7, 11) is 1.67. The van der Waals surface area contributed by atoms with Gasteiger partial charge in [-0.2, -0.15) is 5.10 Å². The lowest BCUT2D eigenvalue weighted by Crippen LogP contribution is -2.05. The molecule has 2 N–H and O–H groups in total. The van der Waals surface area contributed by atoms with Gasteiger partial charge in [0.2, 0.25) is 0 Å². The first-order valence-corrected chi connectivity index (χ1v) is 6.19. The molecule has 0 aliphatic carbocycles. The van der Waals surface area contributed by atoms with E-state index >= 15 is 0 Å². The molecule has 2 rings (SSSR count). The maximum atomic E-state index is 5.80. The summed E-state index contributed by atoms with van der Waals surface area (Å²) < 4.78 is 7.29. The first-order valence-electron chi connectivity index (χ1n) is 6.19. The first kappa shape index (κ1) is 12.6. The molecule has 0 bridgehead atoms. The highest BCUT2D eigenvalue weighted by Gasteiger charge is 2.10. The molecule has 1 aromatic carbocycles. The molecule has 0 unspecified atom stereocenters. The number of nitrogens with two attached hydrogens (primary N) is 1. The second kappa shape index (κ2) is 5.69. The van der Waals surface area contributed by atoms with Crippen molar-refractivity contribution in [3.05, 3.63) is 36.0 Å².